The lowest BCUT2D eigenvalue weighted by Gasteiger charge is -2.21. The van der Waals surface area contributed by atoms with Crippen molar-refractivity contribution in [3.63, 3.8) is 0 Å². The Hall–Kier alpha value is -1.71. The third-order valence-electron chi connectivity index (χ3n) is 5.43. The van der Waals surface area contributed by atoms with Crippen LogP contribution in [0.3, 0.4) is 0 Å². The summed E-state index contributed by atoms with van der Waals surface area (Å²) in [7, 11) is 0. The Labute approximate surface area is 131 Å². The summed E-state index contributed by atoms with van der Waals surface area (Å²) in [5.41, 5.74) is 1.06. The number of amides is 1. The van der Waals surface area contributed by atoms with Gasteiger partial charge >= 0.3 is 0 Å². The smallest absolute Gasteiger partial charge is 0.220 e. The standard InChI is InChI=1S/C18H23NO3/c20-18(10-15-8-12-1-3-14(15)7-12)19-11-13-2-4-16-17(9-13)22-6-5-21-16/h2,4,9,12,14-15H,1,3,5-8,10-11H2,(H,19,20). The summed E-state index contributed by atoms with van der Waals surface area (Å²) in [6, 6.07) is 5.88. The first kappa shape index (κ1) is 13.9. The Morgan fingerprint density at radius 2 is 2.00 bits per heavy atom. The topological polar surface area (TPSA) is 47.6 Å². The molecule has 0 radical (unpaired) electrons. The van der Waals surface area contributed by atoms with Crippen LogP contribution in [0.15, 0.2) is 18.2 Å². The van der Waals surface area contributed by atoms with Crippen LogP contribution >= 0.6 is 0 Å². The Morgan fingerprint density at radius 1 is 1.14 bits per heavy atom. The fraction of sp³-hybridized carbons (Fsp3) is 0.611. The summed E-state index contributed by atoms with van der Waals surface area (Å²) in [5.74, 6) is 4.10. The zero-order valence-electron chi connectivity index (χ0n) is 12.8. The van der Waals surface area contributed by atoms with Crippen molar-refractivity contribution in [3.8, 4) is 11.5 Å². The van der Waals surface area contributed by atoms with Crippen molar-refractivity contribution in [1.29, 1.82) is 0 Å². The van der Waals surface area contributed by atoms with Crippen LogP contribution in [0.25, 0.3) is 0 Å². The van der Waals surface area contributed by atoms with Gasteiger partial charge in [0.1, 0.15) is 13.2 Å². The Morgan fingerprint density at radius 3 is 2.77 bits per heavy atom. The van der Waals surface area contributed by atoms with E-state index in [0.717, 1.165) is 28.9 Å². The van der Waals surface area contributed by atoms with E-state index in [1.165, 1.54) is 25.7 Å². The maximum absolute atomic E-state index is 12.2. The molecule has 0 aromatic heterocycles. The number of hydrogen-bond acceptors (Lipinski definition) is 3. The minimum absolute atomic E-state index is 0.187. The van der Waals surface area contributed by atoms with Gasteiger partial charge in [-0.05, 0) is 54.7 Å². The highest BCUT2D eigenvalue weighted by Crippen LogP contribution is 2.49. The number of benzene rings is 1. The molecule has 1 aromatic rings. The summed E-state index contributed by atoms with van der Waals surface area (Å²) < 4.78 is 11.1. The highest BCUT2D eigenvalue weighted by molar-refractivity contribution is 5.76. The lowest BCUT2D eigenvalue weighted by Crippen LogP contribution is -2.27. The monoisotopic (exact) mass is 301 g/mol. The summed E-state index contributed by atoms with van der Waals surface area (Å²) in [6.45, 7) is 1.76. The highest BCUT2D eigenvalue weighted by Gasteiger charge is 2.39. The Kier molecular flexibility index (Phi) is 3.68. The van der Waals surface area contributed by atoms with Crippen molar-refractivity contribution < 1.29 is 14.3 Å². The highest BCUT2D eigenvalue weighted by atomic mass is 16.6. The van der Waals surface area contributed by atoms with Gasteiger partial charge in [0.2, 0.25) is 5.91 Å². The molecular formula is C18H23NO3. The zero-order valence-corrected chi connectivity index (χ0v) is 12.8. The van der Waals surface area contributed by atoms with Crippen LogP contribution in [0.2, 0.25) is 0 Å². The molecular weight excluding hydrogens is 278 g/mol. The van der Waals surface area contributed by atoms with Crippen molar-refractivity contribution >= 4 is 5.91 Å². The number of carbonyl (C=O) groups excluding carboxylic acids is 1. The van der Waals surface area contributed by atoms with Gasteiger partial charge in [0.15, 0.2) is 11.5 Å². The zero-order chi connectivity index (χ0) is 14.9. The molecule has 1 amide bonds. The summed E-state index contributed by atoms with van der Waals surface area (Å²) in [5, 5.41) is 3.06. The predicted octanol–water partition coefficient (Wildman–Crippen LogP) is 2.90. The van der Waals surface area contributed by atoms with Gasteiger partial charge in [0.25, 0.3) is 0 Å². The van der Waals surface area contributed by atoms with E-state index in [2.05, 4.69) is 5.32 Å². The molecule has 1 aliphatic heterocycles. The van der Waals surface area contributed by atoms with Crippen LogP contribution in [0.4, 0.5) is 0 Å². The van der Waals surface area contributed by atoms with Crippen LogP contribution in [0, 0.1) is 17.8 Å². The van der Waals surface area contributed by atoms with E-state index in [1.54, 1.807) is 0 Å². The van der Waals surface area contributed by atoms with Gasteiger partial charge in [-0.2, -0.15) is 0 Å². The molecule has 4 rings (SSSR count). The molecule has 1 N–H and O–H groups in total. The maximum Gasteiger partial charge on any atom is 0.220 e. The van der Waals surface area contributed by atoms with E-state index in [0.29, 0.717) is 32.1 Å². The maximum atomic E-state index is 12.2. The third kappa shape index (κ3) is 2.79. The lowest BCUT2D eigenvalue weighted by molar-refractivity contribution is -0.122. The largest absolute Gasteiger partial charge is 0.486 e. The van der Waals surface area contributed by atoms with E-state index in [-0.39, 0.29) is 5.91 Å². The van der Waals surface area contributed by atoms with Gasteiger partial charge in [-0.25, -0.2) is 0 Å². The summed E-state index contributed by atoms with van der Waals surface area (Å²) >= 11 is 0. The second kappa shape index (κ2) is 5.82. The number of rotatable bonds is 4. The van der Waals surface area contributed by atoms with Gasteiger partial charge < -0.3 is 14.8 Å². The van der Waals surface area contributed by atoms with Crippen molar-refractivity contribution in [3.05, 3.63) is 23.8 Å². The van der Waals surface area contributed by atoms with Crippen LogP contribution in [-0.4, -0.2) is 19.1 Å². The van der Waals surface area contributed by atoms with Crippen LogP contribution in [0.1, 0.15) is 37.7 Å². The first-order chi connectivity index (χ1) is 10.8. The van der Waals surface area contributed by atoms with Gasteiger partial charge in [-0.3, -0.25) is 4.79 Å². The number of carbonyl (C=O) groups is 1. The second-order valence-electron chi connectivity index (χ2n) is 6.89. The molecule has 118 valence electrons. The van der Waals surface area contributed by atoms with Gasteiger partial charge in [0.05, 0.1) is 0 Å². The Bertz CT molecular complexity index is 571. The third-order valence-corrected chi connectivity index (χ3v) is 5.43. The minimum Gasteiger partial charge on any atom is -0.486 e. The molecule has 3 atom stereocenters. The molecule has 1 heterocycles. The van der Waals surface area contributed by atoms with Gasteiger partial charge in [-0.1, -0.05) is 12.5 Å². The van der Waals surface area contributed by atoms with Crippen LogP contribution in [0.5, 0.6) is 11.5 Å². The predicted molar refractivity (Wildman–Crippen MR) is 82.8 cm³/mol. The van der Waals surface area contributed by atoms with E-state index >= 15 is 0 Å². The molecule has 22 heavy (non-hydrogen) atoms. The SMILES string of the molecule is O=C(CC1CC2CCC1C2)NCc1ccc2c(c1)OCCO2. The molecule has 4 heteroatoms. The fourth-order valence-electron chi connectivity index (χ4n) is 4.34. The molecule has 2 bridgehead atoms. The molecule has 3 unspecified atom stereocenters. The minimum atomic E-state index is 0.187. The number of hydrogen-bond donors (Lipinski definition) is 1. The van der Waals surface area contributed by atoms with Crippen molar-refractivity contribution in [2.24, 2.45) is 17.8 Å². The van der Waals surface area contributed by atoms with E-state index in [1.807, 2.05) is 18.2 Å². The van der Waals surface area contributed by atoms with E-state index in [9.17, 15) is 4.79 Å². The number of nitrogens with one attached hydrogen (secondary N) is 1. The second-order valence-corrected chi connectivity index (χ2v) is 6.89. The lowest BCUT2D eigenvalue weighted by atomic mass is 9.86. The molecule has 3 aliphatic rings. The molecule has 2 saturated carbocycles. The molecule has 2 fully saturated rings. The van der Waals surface area contributed by atoms with E-state index in [4.69, 9.17) is 9.47 Å². The van der Waals surface area contributed by atoms with Crippen molar-refractivity contribution in [2.75, 3.05) is 13.2 Å². The average Bonchev–Trinajstić information content (AvgIpc) is 3.15. The number of ether oxygens (including phenoxy) is 2. The molecule has 1 aromatic carbocycles. The number of fused-ring (bicyclic) bond motifs is 3. The normalized spacial score (nSPS) is 28.6. The average molecular weight is 301 g/mol. The van der Waals surface area contributed by atoms with Crippen LogP contribution in [-0.2, 0) is 11.3 Å². The van der Waals surface area contributed by atoms with E-state index < -0.39 is 0 Å². The quantitative estimate of drug-likeness (QED) is 0.930. The first-order valence-electron chi connectivity index (χ1n) is 8.43. The van der Waals surface area contributed by atoms with Gasteiger partial charge in [0, 0.05) is 13.0 Å². The molecule has 0 spiro atoms. The van der Waals surface area contributed by atoms with Crippen molar-refractivity contribution in [1.82, 2.24) is 5.32 Å². The Balaban J connectivity index is 1.30. The summed E-state index contributed by atoms with van der Waals surface area (Å²) in [4.78, 5) is 12.2. The first-order valence-corrected chi connectivity index (χ1v) is 8.43. The van der Waals surface area contributed by atoms with Gasteiger partial charge in [-0.15, -0.1) is 0 Å². The van der Waals surface area contributed by atoms with Crippen LogP contribution < -0.4 is 14.8 Å². The molecule has 0 saturated heterocycles. The van der Waals surface area contributed by atoms with Crippen molar-refractivity contribution in [2.45, 2.75) is 38.6 Å². The fourth-order valence-corrected chi connectivity index (χ4v) is 4.34. The molecule has 2 aliphatic carbocycles. The molecule has 4 nitrogen and oxygen atoms in total. The summed E-state index contributed by atoms with van der Waals surface area (Å²) in [6.07, 6.45) is 6.05.